The maximum Gasteiger partial charge on any atom is 0.226 e. The van der Waals surface area contributed by atoms with E-state index in [9.17, 15) is 4.79 Å². The number of rotatable bonds is 6. The minimum Gasteiger partial charge on any atom is -0.385 e. The van der Waals surface area contributed by atoms with E-state index in [1.165, 1.54) is 5.56 Å². The number of halogens is 1. The third kappa shape index (κ3) is 4.88. The Balaban J connectivity index is 1.79. The summed E-state index contributed by atoms with van der Waals surface area (Å²) in [5.74, 6) is 0.00207. The molecule has 0 aromatic heterocycles. The number of nitrogens with one attached hydrogen (secondary N) is 2. The number of hydrogen-bond acceptors (Lipinski definition) is 2. The molecular weight excluding hydrogens is 340 g/mol. The number of carbonyl (C=O) groups is 1. The summed E-state index contributed by atoms with van der Waals surface area (Å²) in [7, 11) is 0. The first-order chi connectivity index (χ1) is 10.6. The molecule has 0 heterocycles. The molecule has 0 aliphatic rings. The lowest BCUT2D eigenvalue weighted by atomic mass is 10.1. The molecule has 22 heavy (non-hydrogen) atoms. The number of carbonyl (C=O) groups excluding carboxylic acids is 1. The first-order valence-electron chi connectivity index (χ1n) is 7.47. The molecule has 0 fully saturated rings. The lowest BCUT2D eigenvalue weighted by Gasteiger charge is -2.09. The molecule has 0 atom stereocenters. The highest BCUT2D eigenvalue weighted by atomic mass is 79.9. The van der Waals surface area contributed by atoms with Gasteiger partial charge in [-0.25, -0.2) is 0 Å². The smallest absolute Gasteiger partial charge is 0.226 e. The van der Waals surface area contributed by atoms with E-state index in [1.54, 1.807) is 0 Å². The van der Waals surface area contributed by atoms with Gasteiger partial charge < -0.3 is 10.6 Å². The second-order valence-corrected chi connectivity index (χ2v) is 6.11. The molecule has 4 heteroatoms. The van der Waals surface area contributed by atoms with Gasteiger partial charge in [-0.05, 0) is 64.7 Å². The number of amides is 1. The molecule has 0 saturated heterocycles. The van der Waals surface area contributed by atoms with Crippen LogP contribution in [0, 0.1) is 6.92 Å². The predicted molar refractivity (Wildman–Crippen MR) is 96.4 cm³/mol. The van der Waals surface area contributed by atoms with Crippen molar-refractivity contribution in [1.29, 1.82) is 0 Å². The van der Waals surface area contributed by atoms with Gasteiger partial charge in [-0.1, -0.05) is 25.1 Å². The van der Waals surface area contributed by atoms with Gasteiger partial charge in [0.25, 0.3) is 0 Å². The van der Waals surface area contributed by atoms with Gasteiger partial charge >= 0.3 is 0 Å². The maximum absolute atomic E-state index is 12.0. The van der Waals surface area contributed by atoms with Gasteiger partial charge in [-0.2, -0.15) is 0 Å². The van der Waals surface area contributed by atoms with Crippen LogP contribution in [0.4, 0.5) is 11.4 Å². The molecule has 2 aromatic carbocycles. The molecule has 1 amide bonds. The summed E-state index contributed by atoms with van der Waals surface area (Å²) < 4.78 is 0.906. The van der Waals surface area contributed by atoms with Crippen molar-refractivity contribution < 1.29 is 4.79 Å². The fourth-order valence-electron chi connectivity index (χ4n) is 2.11. The van der Waals surface area contributed by atoms with Crippen molar-refractivity contribution in [3.63, 3.8) is 0 Å². The molecule has 2 N–H and O–H groups in total. The fourth-order valence-corrected chi connectivity index (χ4v) is 2.71. The van der Waals surface area contributed by atoms with Gasteiger partial charge in [0.15, 0.2) is 0 Å². The Morgan fingerprint density at radius 3 is 2.50 bits per heavy atom. The van der Waals surface area contributed by atoms with Gasteiger partial charge in [-0.3, -0.25) is 4.79 Å². The Kier molecular flexibility index (Phi) is 6.01. The summed E-state index contributed by atoms with van der Waals surface area (Å²) >= 11 is 3.46. The zero-order valence-corrected chi connectivity index (χ0v) is 14.5. The van der Waals surface area contributed by atoms with Crippen LogP contribution in [0.25, 0.3) is 0 Å². The normalized spacial score (nSPS) is 10.3. The number of hydrogen-bond donors (Lipinski definition) is 2. The average Bonchev–Trinajstić information content (AvgIpc) is 2.51. The molecule has 0 spiro atoms. The molecule has 0 saturated carbocycles. The Labute approximate surface area is 140 Å². The molecule has 0 bridgehead atoms. The van der Waals surface area contributed by atoms with E-state index in [-0.39, 0.29) is 5.91 Å². The molecule has 2 rings (SSSR count). The van der Waals surface area contributed by atoms with Crippen LogP contribution in [0.1, 0.15) is 24.5 Å². The minimum atomic E-state index is 0.00207. The molecule has 116 valence electrons. The quantitative estimate of drug-likeness (QED) is 0.779. The largest absolute Gasteiger partial charge is 0.385 e. The van der Waals surface area contributed by atoms with E-state index in [0.29, 0.717) is 13.0 Å². The molecule has 3 nitrogen and oxygen atoms in total. The highest BCUT2D eigenvalue weighted by molar-refractivity contribution is 9.10. The number of anilines is 2. The molecule has 0 unspecified atom stereocenters. The highest BCUT2D eigenvalue weighted by Crippen LogP contribution is 2.23. The van der Waals surface area contributed by atoms with Crippen LogP contribution in [0.5, 0.6) is 0 Å². The molecule has 0 aliphatic carbocycles. The topological polar surface area (TPSA) is 41.1 Å². The SMILES string of the molecule is CCc1ccc(NCCC(=O)Nc2ccc(C)cc2Br)cc1. The van der Waals surface area contributed by atoms with Crippen molar-refractivity contribution in [1.82, 2.24) is 0 Å². The Hall–Kier alpha value is -1.81. The van der Waals surface area contributed by atoms with Gasteiger partial charge in [0.05, 0.1) is 5.69 Å². The van der Waals surface area contributed by atoms with Crippen LogP contribution in [-0.2, 0) is 11.2 Å². The van der Waals surface area contributed by atoms with E-state index in [4.69, 9.17) is 0 Å². The van der Waals surface area contributed by atoms with Crippen LogP contribution in [0.15, 0.2) is 46.9 Å². The van der Waals surface area contributed by atoms with Crippen molar-refractivity contribution >= 4 is 33.2 Å². The third-order valence-corrected chi connectivity index (χ3v) is 4.10. The van der Waals surface area contributed by atoms with Crippen LogP contribution in [-0.4, -0.2) is 12.5 Å². The molecule has 0 aliphatic heterocycles. The summed E-state index contributed by atoms with van der Waals surface area (Å²) in [6.07, 6.45) is 1.46. The van der Waals surface area contributed by atoms with Crippen molar-refractivity contribution in [3.05, 3.63) is 58.1 Å². The standard InChI is InChI=1S/C18H21BrN2O/c1-3-14-5-7-15(8-6-14)20-11-10-18(22)21-17-9-4-13(2)12-16(17)19/h4-9,12,20H,3,10-11H2,1-2H3,(H,21,22). The second kappa shape index (κ2) is 7.99. The van der Waals surface area contributed by atoms with E-state index < -0.39 is 0 Å². The summed E-state index contributed by atoms with van der Waals surface area (Å²) in [6, 6.07) is 14.2. The predicted octanol–water partition coefficient (Wildman–Crippen LogP) is 4.76. The van der Waals surface area contributed by atoms with Crippen LogP contribution in [0.3, 0.4) is 0 Å². The third-order valence-electron chi connectivity index (χ3n) is 3.44. The summed E-state index contributed by atoms with van der Waals surface area (Å²) in [6.45, 7) is 4.76. The summed E-state index contributed by atoms with van der Waals surface area (Å²) in [5.41, 5.74) is 4.32. The molecular formula is C18H21BrN2O. The Morgan fingerprint density at radius 2 is 1.86 bits per heavy atom. The second-order valence-electron chi connectivity index (χ2n) is 5.26. The lowest BCUT2D eigenvalue weighted by molar-refractivity contribution is -0.115. The maximum atomic E-state index is 12.0. The van der Waals surface area contributed by atoms with Crippen LogP contribution in [0.2, 0.25) is 0 Å². The Bertz CT molecular complexity index is 638. The van der Waals surface area contributed by atoms with E-state index >= 15 is 0 Å². The van der Waals surface area contributed by atoms with Crippen molar-refractivity contribution in [2.24, 2.45) is 0 Å². The van der Waals surface area contributed by atoms with Crippen LogP contribution >= 0.6 is 15.9 Å². The zero-order chi connectivity index (χ0) is 15.9. The van der Waals surface area contributed by atoms with E-state index in [1.807, 2.05) is 37.3 Å². The van der Waals surface area contributed by atoms with Crippen LogP contribution < -0.4 is 10.6 Å². The molecule has 0 radical (unpaired) electrons. The van der Waals surface area contributed by atoms with Gasteiger partial charge in [0, 0.05) is 23.1 Å². The van der Waals surface area contributed by atoms with Crippen molar-refractivity contribution in [2.45, 2.75) is 26.7 Å². The number of aryl methyl sites for hydroxylation is 2. The lowest BCUT2D eigenvalue weighted by Crippen LogP contribution is -2.16. The Morgan fingerprint density at radius 1 is 1.14 bits per heavy atom. The summed E-state index contributed by atoms with van der Waals surface area (Å²) in [4.78, 5) is 12.0. The van der Waals surface area contributed by atoms with Crippen molar-refractivity contribution in [3.8, 4) is 0 Å². The average molecular weight is 361 g/mol. The van der Waals surface area contributed by atoms with Gasteiger partial charge in [-0.15, -0.1) is 0 Å². The highest BCUT2D eigenvalue weighted by Gasteiger charge is 2.05. The van der Waals surface area contributed by atoms with E-state index in [0.717, 1.165) is 27.8 Å². The minimum absolute atomic E-state index is 0.00207. The zero-order valence-electron chi connectivity index (χ0n) is 12.9. The monoisotopic (exact) mass is 360 g/mol. The first-order valence-corrected chi connectivity index (χ1v) is 8.26. The number of benzene rings is 2. The first kappa shape index (κ1) is 16.6. The van der Waals surface area contributed by atoms with Gasteiger partial charge in [0.2, 0.25) is 5.91 Å². The summed E-state index contributed by atoms with van der Waals surface area (Å²) in [5, 5.41) is 6.18. The van der Waals surface area contributed by atoms with Crippen molar-refractivity contribution in [2.75, 3.05) is 17.2 Å². The van der Waals surface area contributed by atoms with E-state index in [2.05, 4.69) is 45.6 Å². The molecule has 2 aromatic rings. The fraction of sp³-hybridized carbons (Fsp3) is 0.278. The van der Waals surface area contributed by atoms with Gasteiger partial charge in [0.1, 0.15) is 0 Å².